The van der Waals surface area contributed by atoms with Gasteiger partial charge in [-0.05, 0) is 30.5 Å². The first-order valence-electron chi connectivity index (χ1n) is 7.56. The molecule has 0 saturated carbocycles. The monoisotopic (exact) mass is 339 g/mol. The van der Waals surface area contributed by atoms with Gasteiger partial charge in [0.25, 0.3) is 0 Å². The van der Waals surface area contributed by atoms with Gasteiger partial charge >= 0.3 is 6.18 Å². The topological polar surface area (TPSA) is 75.9 Å². The fourth-order valence-corrected chi connectivity index (χ4v) is 2.03. The van der Waals surface area contributed by atoms with E-state index in [1.807, 2.05) is 0 Å². The van der Waals surface area contributed by atoms with Crippen LogP contribution in [-0.2, 0) is 6.18 Å². The van der Waals surface area contributed by atoms with Crippen molar-refractivity contribution >= 4 is 23.0 Å². The molecule has 0 atom stereocenters. The first-order valence-corrected chi connectivity index (χ1v) is 7.56. The average molecular weight is 339 g/mol. The van der Waals surface area contributed by atoms with Crippen LogP contribution in [-0.4, -0.2) is 16.5 Å². The molecule has 4 N–H and O–H groups in total. The summed E-state index contributed by atoms with van der Waals surface area (Å²) in [4.78, 5) is 8.07. The highest BCUT2D eigenvalue weighted by atomic mass is 19.4. The highest BCUT2D eigenvalue weighted by molar-refractivity contribution is 5.77. The number of aromatic nitrogens is 2. The number of hydrogen-bond donors (Lipinski definition) is 3. The summed E-state index contributed by atoms with van der Waals surface area (Å²) >= 11 is 0. The van der Waals surface area contributed by atoms with Crippen LogP contribution >= 0.6 is 0 Å². The molecule has 5 nitrogen and oxygen atoms in total. The van der Waals surface area contributed by atoms with E-state index in [1.165, 1.54) is 18.5 Å². The summed E-state index contributed by atoms with van der Waals surface area (Å²) in [6.45, 7) is 4.90. The fourth-order valence-electron chi connectivity index (χ4n) is 2.03. The molecule has 0 radical (unpaired) electrons. The molecule has 24 heavy (non-hydrogen) atoms. The molecule has 130 valence electrons. The minimum atomic E-state index is -4.40. The number of anilines is 4. The van der Waals surface area contributed by atoms with Gasteiger partial charge in [0.15, 0.2) is 11.6 Å². The molecule has 2 rings (SSSR count). The third-order valence-electron chi connectivity index (χ3n) is 3.35. The van der Waals surface area contributed by atoms with Crippen LogP contribution in [0.15, 0.2) is 30.6 Å². The lowest BCUT2D eigenvalue weighted by Crippen LogP contribution is -2.11. The van der Waals surface area contributed by atoms with E-state index >= 15 is 0 Å². The fraction of sp³-hybridized carbons (Fsp3) is 0.375. The van der Waals surface area contributed by atoms with Crippen LogP contribution in [0.2, 0.25) is 0 Å². The molecule has 1 aromatic carbocycles. The summed E-state index contributed by atoms with van der Waals surface area (Å²) in [6.07, 6.45) is -2.15. The zero-order valence-electron chi connectivity index (χ0n) is 13.5. The Kier molecular flexibility index (Phi) is 5.48. The lowest BCUT2D eigenvalue weighted by molar-refractivity contribution is -0.137. The van der Waals surface area contributed by atoms with Crippen LogP contribution in [0.1, 0.15) is 25.8 Å². The largest absolute Gasteiger partial charge is 0.416 e. The maximum absolute atomic E-state index is 12.8. The van der Waals surface area contributed by atoms with Gasteiger partial charge < -0.3 is 16.4 Å². The standard InChI is InChI=1S/C16H20F3N5/c1-10(2)6-7-21-14-13(20)15(23-9-22-14)24-12-5-3-4-11(8-12)16(17,18)19/h3-5,8-10H,6-7,20H2,1-2H3,(H2,21,22,23,24). The predicted octanol–water partition coefficient (Wildman–Crippen LogP) is 4.28. The Balaban J connectivity index is 2.15. The second-order valence-corrected chi connectivity index (χ2v) is 5.80. The molecule has 0 aliphatic heterocycles. The zero-order valence-corrected chi connectivity index (χ0v) is 13.5. The highest BCUT2D eigenvalue weighted by Gasteiger charge is 2.30. The quantitative estimate of drug-likeness (QED) is 0.732. The van der Waals surface area contributed by atoms with Gasteiger partial charge in [0.1, 0.15) is 12.0 Å². The number of halogens is 3. The van der Waals surface area contributed by atoms with Gasteiger partial charge in [-0.3, -0.25) is 0 Å². The van der Waals surface area contributed by atoms with E-state index in [0.29, 0.717) is 18.3 Å². The number of hydrogen-bond acceptors (Lipinski definition) is 5. The van der Waals surface area contributed by atoms with E-state index in [1.54, 1.807) is 0 Å². The van der Waals surface area contributed by atoms with Crippen molar-refractivity contribution in [2.75, 3.05) is 22.9 Å². The molecule has 0 amide bonds. The number of benzene rings is 1. The van der Waals surface area contributed by atoms with Crippen molar-refractivity contribution in [2.45, 2.75) is 26.4 Å². The summed E-state index contributed by atoms with van der Waals surface area (Å²) < 4.78 is 38.3. The zero-order chi connectivity index (χ0) is 17.7. The molecule has 2 aromatic rings. The molecule has 8 heteroatoms. The third kappa shape index (κ3) is 4.74. The Morgan fingerprint density at radius 3 is 2.54 bits per heavy atom. The van der Waals surface area contributed by atoms with Crippen LogP contribution in [0, 0.1) is 5.92 Å². The van der Waals surface area contributed by atoms with Gasteiger partial charge in [0.05, 0.1) is 5.56 Å². The Hall–Kier alpha value is -2.51. The predicted molar refractivity (Wildman–Crippen MR) is 89.1 cm³/mol. The molecule has 1 aromatic heterocycles. The van der Waals surface area contributed by atoms with Crippen molar-refractivity contribution < 1.29 is 13.2 Å². The molecule has 0 saturated heterocycles. The second-order valence-electron chi connectivity index (χ2n) is 5.80. The van der Waals surface area contributed by atoms with Crippen LogP contribution < -0.4 is 16.4 Å². The van der Waals surface area contributed by atoms with E-state index in [2.05, 4.69) is 34.4 Å². The number of nitrogen functional groups attached to an aromatic ring is 1. The van der Waals surface area contributed by atoms with E-state index in [4.69, 9.17) is 5.73 Å². The number of nitrogens with two attached hydrogens (primary N) is 1. The van der Waals surface area contributed by atoms with Crippen LogP contribution in [0.25, 0.3) is 0 Å². The van der Waals surface area contributed by atoms with E-state index < -0.39 is 11.7 Å². The summed E-state index contributed by atoms with van der Waals surface area (Å²) in [5, 5.41) is 5.92. The van der Waals surface area contributed by atoms with Crippen molar-refractivity contribution in [1.29, 1.82) is 0 Å². The Morgan fingerprint density at radius 1 is 1.17 bits per heavy atom. The normalized spacial score (nSPS) is 11.6. The highest BCUT2D eigenvalue weighted by Crippen LogP contribution is 2.32. The molecule has 0 spiro atoms. The van der Waals surface area contributed by atoms with E-state index in [-0.39, 0.29) is 17.2 Å². The minimum absolute atomic E-state index is 0.253. The van der Waals surface area contributed by atoms with Crippen molar-refractivity contribution in [1.82, 2.24) is 9.97 Å². The first kappa shape index (κ1) is 17.8. The van der Waals surface area contributed by atoms with Gasteiger partial charge in [0.2, 0.25) is 0 Å². The van der Waals surface area contributed by atoms with E-state index in [9.17, 15) is 13.2 Å². The number of rotatable bonds is 6. The summed E-state index contributed by atoms with van der Waals surface area (Å²) in [6, 6.07) is 4.85. The molecular weight excluding hydrogens is 319 g/mol. The number of nitrogens with zero attached hydrogens (tertiary/aromatic N) is 2. The molecular formula is C16H20F3N5. The van der Waals surface area contributed by atoms with Gasteiger partial charge in [-0.2, -0.15) is 13.2 Å². The van der Waals surface area contributed by atoms with Gasteiger partial charge in [-0.25, -0.2) is 9.97 Å². The van der Waals surface area contributed by atoms with Crippen LogP contribution in [0.5, 0.6) is 0 Å². The Morgan fingerprint density at radius 2 is 1.88 bits per heavy atom. The summed E-state index contributed by atoms with van der Waals surface area (Å²) in [7, 11) is 0. The smallest absolute Gasteiger partial charge is 0.393 e. The van der Waals surface area contributed by atoms with E-state index in [0.717, 1.165) is 18.6 Å². The van der Waals surface area contributed by atoms with Crippen molar-refractivity contribution in [2.24, 2.45) is 5.92 Å². The van der Waals surface area contributed by atoms with Crippen molar-refractivity contribution in [3.8, 4) is 0 Å². The lowest BCUT2D eigenvalue weighted by Gasteiger charge is -2.14. The Bertz CT molecular complexity index is 686. The van der Waals surface area contributed by atoms with Gasteiger partial charge in [0, 0.05) is 12.2 Å². The minimum Gasteiger partial charge on any atom is -0.393 e. The number of nitrogens with one attached hydrogen (secondary N) is 2. The van der Waals surface area contributed by atoms with Crippen LogP contribution in [0.4, 0.5) is 36.2 Å². The maximum atomic E-state index is 12.8. The molecule has 0 fully saturated rings. The number of alkyl halides is 3. The Labute approximate surface area is 138 Å². The summed E-state index contributed by atoms with van der Waals surface area (Å²) in [5.41, 5.74) is 5.78. The molecule has 0 bridgehead atoms. The lowest BCUT2D eigenvalue weighted by atomic mass is 10.1. The second kappa shape index (κ2) is 7.37. The maximum Gasteiger partial charge on any atom is 0.416 e. The third-order valence-corrected chi connectivity index (χ3v) is 3.35. The molecule has 0 unspecified atom stereocenters. The SMILES string of the molecule is CC(C)CCNc1ncnc(Nc2cccc(C(F)(F)F)c2)c1N. The van der Waals surface area contributed by atoms with Crippen molar-refractivity contribution in [3.63, 3.8) is 0 Å². The molecule has 0 aliphatic carbocycles. The average Bonchev–Trinajstić information content (AvgIpc) is 2.50. The first-order chi connectivity index (χ1) is 11.3. The van der Waals surface area contributed by atoms with Gasteiger partial charge in [-0.15, -0.1) is 0 Å². The molecule has 0 aliphatic rings. The van der Waals surface area contributed by atoms with Crippen LogP contribution in [0.3, 0.4) is 0 Å². The van der Waals surface area contributed by atoms with Crippen molar-refractivity contribution in [3.05, 3.63) is 36.2 Å². The molecule has 1 heterocycles. The van der Waals surface area contributed by atoms with Gasteiger partial charge in [-0.1, -0.05) is 19.9 Å². The summed E-state index contributed by atoms with van der Waals surface area (Å²) in [5.74, 6) is 1.25.